The monoisotopic (exact) mass is 335 g/mol. The van der Waals surface area contributed by atoms with Gasteiger partial charge in [-0.25, -0.2) is 0 Å². The van der Waals surface area contributed by atoms with Crippen LogP contribution in [0.5, 0.6) is 0 Å². The van der Waals surface area contributed by atoms with Gasteiger partial charge in [0.15, 0.2) is 0 Å². The Morgan fingerprint density at radius 3 is 2.08 bits per heavy atom. The van der Waals surface area contributed by atoms with E-state index >= 15 is 0 Å². The summed E-state index contributed by atoms with van der Waals surface area (Å²) in [6.07, 6.45) is 9.97. The third-order valence-corrected chi connectivity index (χ3v) is 4.59. The Hall–Kier alpha value is -0.900. The van der Waals surface area contributed by atoms with E-state index in [2.05, 4.69) is 36.5 Å². The third-order valence-electron chi connectivity index (χ3n) is 4.59. The summed E-state index contributed by atoms with van der Waals surface area (Å²) in [6, 6.07) is 8.85. The van der Waals surface area contributed by atoms with Gasteiger partial charge in [0, 0.05) is 6.54 Å². The number of aryl methyl sites for hydroxylation is 1. The Labute approximate surface area is 148 Å². The molecule has 24 heavy (non-hydrogen) atoms. The van der Waals surface area contributed by atoms with Gasteiger partial charge >= 0.3 is 0 Å². The second kappa shape index (κ2) is 13.4. The van der Waals surface area contributed by atoms with Crippen molar-refractivity contribution in [3.63, 3.8) is 0 Å². The molecule has 0 saturated heterocycles. The maximum atomic E-state index is 9.53. The number of unbranched alkanes of at least 4 members (excludes halogenated alkanes) is 6. The van der Waals surface area contributed by atoms with Crippen LogP contribution in [0.15, 0.2) is 24.3 Å². The number of nitrogens with one attached hydrogen (secondary N) is 1. The minimum absolute atomic E-state index is 0.577. The van der Waals surface area contributed by atoms with E-state index in [1.807, 2.05) is 0 Å². The minimum Gasteiger partial charge on any atom is -0.391 e. The largest absolute Gasteiger partial charge is 0.391 e. The van der Waals surface area contributed by atoms with Crippen LogP contribution >= 0.6 is 0 Å². The summed E-state index contributed by atoms with van der Waals surface area (Å²) >= 11 is 0. The highest BCUT2D eigenvalue weighted by molar-refractivity contribution is 5.22. The molecule has 0 radical (unpaired) electrons. The number of hydrogen-bond donors (Lipinski definition) is 3. The van der Waals surface area contributed by atoms with Gasteiger partial charge in [-0.2, -0.15) is 0 Å². The molecule has 0 spiro atoms. The van der Waals surface area contributed by atoms with Crippen LogP contribution in [0, 0.1) is 0 Å². The van der Waals surface area contributed by atoms with Crippen LogP contribution in [0.3, 0.4) is 0 Å². The summed E-state index contributed by atoms with van der Waals surface area (Å²) < 4.78 is 0. The lowest BCUT2D eigenvalue weighted by molar-refractivity contribution is 0.0265. The van der Waals surface area contributed by atoms with Crippen molar-refractivity contribution in [3.05, 3.63) is 35.4 Å². The van der Waals surface area contributed by atoms with Crippen LogP contribution in [0.2, 0.25) is 0 Å². The van der Waals surface area contributed by atoms with E-state index in [9.17, 15) is 10.2 Å². The zero-order chi connectivity index (χ0) is 17.6. The van der Waals surface area contributed by atoms with Gasteiger partial charge in [-0.05, 0) is 43.9 Å². The summed E-state index contributed by atoms with van der Waals surface area (Å²) in [7, 11) is 0. The van der Waals surface area contributed by atoms with Crippen molar-refractivity contribution in [2.75, 3.05) is 6.54 Å². The van der Waals surface area contributed by atoms with E-state index in [0.29, 0.717) is 13.0 Å². The summed E-state index contributed by atoms with van der Waals surface area (Å²) in [6.45, 7) is 5.41. The summed E-state index contributed by atoms with van der Waals surface area (Å²) in [4.78, 5) is 0. The topological polar surface area (TPSA) is 52.5 Å². The van der Waals surface area contributed by atoms with Crippen molar-refractivity contribution in [2.45, 2.75) is 90.4 Å². The lowest BCUT2D eigenvalue weighted by Gasteiger charge is -2.13. The van der Waals surface area contributed by atoms with E-state index < -0.39 is 12.2 Å². The van der Waals surface area contributed by atoms with Gasteiger partial charge in [0.05, 0.1) is 12.2 Å². The highest BCUT2D eigenvalue weighted by Gasteiger charge is 2.09. The molecule has 3 nitrogen and oxygen atoms in total. The Bertz CT molecular complexity index is 403. The first-order valence-electron chi connectivity index (χ1n) is 9.78. The molecule has 1 rings (SSSR count). The van der Waals surface area contributed by atoms with Crippen molar-refractivity contribution in [1.29, 1.82) is 0 Å². The molecule has 0 heterocycles. The van der Waals surface area contributed by atoms with Crippen LogP contribution in [0.1, 0.15) is 76.3 Å². The van der Waals surface area contributed by atoms with Crippen molar-refractivity contribution in [1.82, 2.24) is 5.32 Å². The van der Waals surface area contributed by atoms with Gasteiger partial charge in [-0.15, -0.1) is 0 Å². The Morgan fingerprint density at radius 2 is 1.46 bits per heavy atom. The SMILES string of the molecule is CCCCCCCCCc1ccc(CNCCC(O)C(C)O)cc1. The lowest BCUT2D eigenvalue weighted by Crippen LogP contribution is -2.27. The molecular weight excluding hydrogens is 298 g/mol. The average molecular weight is 336 g/mol. The van der Waals surface area contributed by atoms with E-state index in [1.165, 1.54) is 62.5 Å². The van der Waals surface area contributed by atoms with Crippen LogP contribution in [0.25, 0.3) is 0 Å². The normalized spacial score (nSPS) is 13.8. The fraction of sp³-hybridized carbons (Fsp3) is 0.714. The number of aliphatic hydroxyl groups excluding tert-OH is 2. The van der Waals surface area contributed by atoms with Gasteiger partial charge in [0.1, 0.15) is 0 Å². The highest BCUT2D eigenvalue weighted by atomic mass is 16.3. The average Bonchev–Trinajstić information content (AvgIpc) is 2.58. The molecule has 138 valence electrons. The van der Waals surface area contributed by atoms with Crippen LogP contribution < -0.4 is 5.32 Å². The van der Waals surface area contributed by atoms with Crippen molar-refractivity contribution >= 4 is 0 Å². The predicted octanol–water partition coefficient (Wildman–Crippen LogP) is 4.20. The van der Waals surface area contributed by atoms with Crippen molar-refractivity contribution < 1.29 is 10.2 Å². The molecule has 0 saturated carbocycles. The third kappa shape index (κ3) is 10.1. The number of aliphatic hydroxyl groups is 2. The number of rotatable bonds is 14. The summed E-state index contributed by atoms with van der Waals surface area (Å²) in [5, 5.41) is 22.1. The standard InChI is InChI=1S/C21H37NO2/c1-3-4-5-6-7-8-9-10-19-11-13-20(14-12-19)17-22-16-15-21(24)18(2)23/h11-14,18,21-24H,3-10,15-17H2,1-2H3. The number of benzene rings is 1. The molecule has 0 aromatic heterocycles. The quantitative estimate of drug-likeness (QED) is 0.447. The molecule has 0 bridgehead atoms. The highest BCUT2D eigenvalue weighted by Crippen LogP contribution is 2.11. The second-order valence-electron chi connectivity index (χ2n) is 6.96. The zero-order valence-electron chi connectivity index (χ0n) is 15.6. The molecule has 1 aromatic carbocycles. The van der Waals surface area contributed by atoms with Gasteiger partial charge in [-0.3, -0.25) is 0 Å². The first-order valence-corrected chi connectivity index (χ1v) is 9.78. The Kier molecular flexibility index (Phi) is 11.8. The zero-order valence-corrected chi connectivity index (χ0v) is 15.6. The summed E-state index contributed by atoms with van der Waals surface area (Å²) in [5.74, 6) is 0. The van der Waals surface area contributed by atoms with Gasteiger partial charge in [-0.1, -0.05) is 69.7 Å². The van der Waals surface area contributed by atoms with Crippen LogP contribution in [0.4, 0.5) is 0 Å². The Morgan fingerprint density at radius 1 is 0.875 bits per heavy atom. The van der Waals surface area contributed by atoms with E-state index in [4.69, 9.17) is 0 Å². The predicted molar refractivity (Wildman–Crippen MR) is 102 cm³/mol. The smallest absolute Gasteiger partial charge is 0.0808 e. The van der Waals surface area contributed by atoms with Gasteiger partial charge in [0.2, 0.25) is 0 Å². The molecule has 2 unspecified atom stereocenters. The first-order chi connectivity index (χ1) is 11.6. The van der Waals surface area contributed by atoms with Crippen molar-refractivity contribution in [3.8, 4) is 0 Å². The molecule has 2 atom stereocenters. The molecule has 0 aliphatic rings. The fourth-order valence-electron chi connectivity index (χ4n) is 2.83. The number of hydrogen-bond acceptors (Lipinski definition) is 3. The van der Waals surface area contributed by atoms with Gasteiger partial charge < -0.3 is 15.5 Å². The fourth-order valence-corrected chi connectivity index (χ4v) is 2.83. The van der Waals surface area contributed by atoms with Crippen LogP contribution in [-0.2, 0) is 13.0 Å². The molecule has 1 aromatic rings. The van der Waals surface area contributed by atoms with E-state index in [0.717, 1.165) is 6.54 Å². The van der Waals surface area contributed by atoms with E-state index in [1.54, 1.807) is 6.92 Å². The second-order valence-corrected chi connectivity index (χ2v) is 6.96. The lowest BCUT2D eigenvalue weighted by atomic mass is 10.0. The molecule has 0 fully saturated rings. The molecule has 3 N–H and O–H groups in total. The maximum absolute atomic E-state index is 9.53. The summed E-state index contributed by atoms with van der Waals surface area (Å²) in [5.41, 5.74) is 2.70. The van der Waals surface area contributed by atoms with E-state index in [-0.39, 0.29) is 0 Å². The molecule has 3 heteroatoms. The van der Waals surface area contributed by atoms with Crippen molar-refractivity contribution in [2.24, 2.45) is 0 Å². The van der Waals surface area contributed by atoms with Gasteiger partial charge in [0.25, 0.3) is 0 Å². The minimum atomic E-state index is -0.655. The Balaban J connectivity index is 2.10. The molecule has 0 aliphatic carbocycles. The van der Waals surface area contributed by atoms with Crippen LogP contribution in [-0.4, -0.2) is 29.0 Å². The molecule has 0 aliphatic heterocycles. The first kappa shape index (κ1) is 21.1. The molecular formula is C21H37NO2. The maximum Gasteiger partial charge on any atom is 0.0808 e. The molecule has 0 amide bonds.